The van der Waals surface area contributed by atoms with Gasteiger partial charge in [-0.05, 0) is 45.1 Å². The topological polar surface area (TPSA) is 29.5 Å². The fraction of sp³-hybridized carbons (Fsp3) is 0.500. The van der Waals surface area contributed by atoms with Crippen LogP contribution in [0.2, 0.25) is 0 Å². The Bertz CT molecular complexity index is 488. The Kier molecular flexibility index (Phi) is 5.05. The van der Waals surface area contributed by atoms with Crippen molar-refractivity contribution in [2.45, 2.75) is 39.2 Å². The zero-order valence-electron chi connectivity index (χ0n) is 13.2. The number of nitrogens with zero attached hydrogens (tertiary/aromatic N) is 1. The van der Waals surface area contributed by atoms with E-state index in [1.54, 1.807) is 0 Å². The Morgan fingerprint density at radius 3 is 2.67 bits per heavy atom. The van der Waals surface area contributed by atoms with Crippen LogP contribution >= 0.6 is 0 Å². The molecule has 0 radical (unpaired) electrons. The fourth-order valence-electron chi connectivity index (χ4n) is 2.47. The summed E-state index contributed by atoms with van der Waals surface area (Å²) in [6, 6.07) is 10.3. The van der Waals surface area contributed by atoms with Crippen LogP contribution in [0.25, 0.3) is 6.08 Å². The normalized spacial score (nSPS) is 19.8. The summed E-state index contributed by atoms with van der Waals surface area (Å²) in [7, 11) is 0. The number of hydrogen-bond donors (Lipinski definition) is 0. The number of ether oxygens (including phenoxy) is 1. The van der Waals surface area contributed by atoms with E-state index in [-0.39, 0.29) is 6.09 Å². The molecule has 0 aliphatic carbocycles. The molecule has 3 nitrogen and oxygen atoms in total. The fourth-order valence-corrected chi connectivity index (χ4v) is 2.47. The second-order valence-corrected chi connectivity index (χ2v) is 6.60. The molecule has 0 saturated carbocycles. The molecule has 1 aliphatic heterocycles. The zero-order chi connectivity index (χ0) is 15.3. The molecule has 1 fully saturated rings. The van der Waals surface area contributed by atoms with Crippen LogP contribution in [0.4, 0.5) is 4.79 Å². The van der Waals surface area contributed by atoms with E-state index in [1.165, 1.54) is 5.56 Å². The van der Waals surface area contributed by atoms with Crippen LogP contribution in [-0.2, 0) is 4.74 Å². The summed E-state index contributed by atoms with van der Waals surface area (Å²) < 4.78 is 5.45. The minimum absolute atomic E-state index is 0.194. The summed E-state index contributed by atoms with van der Waals surface area (Å²) in [5.74, 6) is 0.409. The van der Waals surface area contributed by atoms with Crippen molar-refractivity contribution in [2.24, 2.45) is 5.92 Å². The third-order valence-electron chi connectivity index (χ3n) is 3.47. The Hall–Kier alpha value is -1.77. The molecule has 3 heteroatoms. The highest BCUT2D eigenvalue weighted by Gasteiger charge is 2.26. The molecule has 0 aromatic heterocycles. The van der Waals surface area contributed by atoms with Gasteiger partial charge in [-0.3, -0.25) is 0 Å². The summed E-state index contributed by atoms with van der Waals surface area (Å²) >= 11 is 0. The second kappa shape index (κ2) is 6.79. The molecule has 2 rings (SSSR count). The van der Waals surface area contributed by atoms with E-state index >= 15 is 0 Å². The number of carbonyl (C=O) groups is 1. The molecular formula is C18H25NO2. The van der Waals surface area contributed by atoms with Crippen LogP contribution in [0.1, 0.15) is 39.2 Å². The molecule has 0 bridgehead atoms. The Balaban J connectivity index is 1.92. The maximum absolute atomic E-state index is 12.1. The number of amides is 1. The lowest BCUT2D eigenvalue weighted by molar-refractivity contribution is 0.0187. The predicted octanol–water partition coefficient (Wildman–Crippen LogP) is 4.35. The summed E-state index contributed by atoms with van der Waals surface area (Å²) in [6.45, 7) is 7.26. The van der Waals surface area contributed by atoms with E-state index < -0.39 is 5.60 Å². The SMILES string of the molecule is CC(C)(C)OC(=O)N1CCC[C@@H](/C=C/c2ccccc2)C1. The molecule has 1 saturated heterocycles. The maximum atomic E-state index is 12.1. The highest BCUT2D eigenvalue weighted by Crippen LogP contribution is 2.21. The largest absolute Gasteiger partial charge is 0.444 e. The number of piperidine rings is 1. The number of benzene rings is 1. The molecule has 0 N–H and O–H groups in total. The van der Waals surface area contributed by atoms with Gasteiger partial charge in [0.2, 0.25) is 0 Å². The quantitative estimate of drug-likeness (QED) is 0.809. The number of rotatable bonds is 2. The van der Waals surface area contributed by atoms with Gasteiger partial charge in [-0.25, -0.2) is 4.79 Å². The Morgan fingerprint density at radius 2 is 2.00 bits per heavy atom. The lowest BCUT2D eigenvalue weighted by Gasteiger charge is -2.33. The lowest BCUT2D eigenvalue weighted by atomic mass is 9.97. The van der Waals surface area contributed by atoms with Gasteiger partial charge in [0.05, 0.1) is 0 Å². The Labute approximate surface area is 127 Å². The van der Waals surface area contributed by atoms with Gasteiger partial charge in [0.15, 0.2) is 0 Å². The summed E-state index contributed by atoms with van der Waals surface area (Å²) in [6.07, 6.45) is 6.32. The first kappa shape index (κ1) is 15.6. The third kappa shape index (κ3) is 5.25. The van der Waals surface area contributed by atoms with E-state index in [1.807, 2.05) is 43.9 Å². The lowest BCUT2D eigenvalue weighted by Crippen LogP contribution is -2.42. The standard InChI is InChI=1S/C18H25NO2/c1-18(2,3)21-17(20)19-13-7-10-16(14-19)12-11-15-8-5-4-6-9-15/h4-6,8-9,11-12,16H,7,10,13-14H2,1-3H3/b12-11+/t16-/m0/s1. The van der Waals surface area contributed by atoms with E-state index in [9.17, 15) is 4.79 Å². The highest BCUT2D eigenvalue weighted by molar-refractivity contribution is 5.68. The van der Waals surface area contributed by atoms with Crippen LogP contribution in [0.5, 0.6) is 0 Å². The first-order valence-electron chi connectivity index (χ1n) is 7.65. The molecular weight excluding hydrogens is 262 g/mol. The van der Waals surface area contributed by atoms with Gasteiger partial charge in [-0.1, -0.05) is 42.5 Å². The van der Waals surface area contributed by atoms with Crippen LogP contribution in [-0.4, -0.2) is 29.7 Å². The third-order valence-corrected chi connectivity index (χ3v) is 3.47. The summed E-state index contributed by atoms with van der Waals surface area (Å²) in [4.78, 5) is 13.9. The average Bonchev–Trinajstić information content (AvgIpc) is 2.45. The maximum Gasteiger partial charge on any atom is 0.410 e. The number of likely N-dealkylation sites (tertiary alicyclic amines) is 1. The van der Waals surface area contributed by atoms with Gasteiger partial charge in [0.1, 0.15) is 5.60 Å². The smallest absolute Gasteiger partial charge is 0.410 e. The van der Waals surface area contributed by atoms with E-state index in [0.29, 0.717) is 5.92 Å². The molecule has 1 aromatic carbocycles. The Morgan fingerprint density at radius 1 is 1.29 bits per heavy atom. The summed E-state index contributed by atoms with van der Waals surface area (Å²) in [5.41, 5.74) is 0.774. The van der Waals surface area contributed by atoms with Crippen molar-refractivity contribution in [3.05, 3.63) is 42.0 Å². The number of hydrogen-bond acceptors (Lipinski definition) is 2. The molecule has 1 aliphatic rings. The highest BCUT2D eigenvalue weighted by atomic mass is 16.6. The molecule has 21 heavy (non-hydrogen) atoms. The monoisotopic (exact) mass is 287 g/mol. The van der Waals surface area contributed by atoms with Gasteiger partial charge < -0.3 is 9.64 Å². The van der Waals surface area contributed by atoms with Crippen molar-refractivity contribution < 1.29 is 9.53 Å². The van der Waals surface area contributed by atoms with Gasteiger partial charge in [0.25, 0.3) is 0 Å². The van der Waals surface area contributed by atoms with Crippen LogP contribution < -0.4 is 0 Å². The molecule has 1 amide bonds. The first-order valence-corrected chi connectivity index (χ1v) is 7.65. The molecule has 0 spiro atoms. The average molecular weight is 287 g/mol. The molecule has 0 unspecified atom stereocenters. The number of carbonyl (C=O) groups excluding carboxylic acids is 1. The van der Waals surface area contributed by atoms with E-state index in [2.05, 4.69) is 24.3 Å². The van der Waals surface area contributed by atoms with Gasteiger partial charge in [-0.15, -0.1) is 0 Å². The molecule has 1 aromatic rings. The van der Waals surface area contributed by atoms with E-state index in [0.717, 1.165) is 25.9 Å². The van der Waals surface area contributed by atoms with E-state index in [4.69, 9.17) is 4.74 Å². The minimum atomic E-state index is -0.427. The second-order valence-electron chi connectivity index (χ2n) is 6.60. The minimum Gasteiger partial charge on any atom is -0.444 e. The molecule has 1 atom stereocenters. The van der Waals surface area contributed by atoms with Crippen molar-refractivity contribution in [2.75, 3.05) is 13.1 Å². The molecule has 1 heterocycles. The van der Waals surface area contributed by atoms with Crippen LogP contribution in [0.15, 0.2) is 36.4 Å². The summed E-state index contributed by atoms with van der Waals surface area (Å²) in [5, 5.41) is 0. The predicted molar refractivity (Wildman–Crippen MR) is 86.0 cm³/mol. The van der Waals surface area contributed by atoms with Crippen molar-refractivity contribution in [1.29, 1.82) is 0 Å². The van der Waals surface area contributed by atoms with Crippen molar-refractivity contribution in [1.82, 2.24) is 4.90 Å². The van der Waals surface area contributed by atoms with Crippen LogP contribution in [0.3, 0.4) is 0 Å². The van der Waals surface area contributed by atoms with Crippen LogP contribution in [0, 0.1) is 5.92 Å². The zero-order valence-corrected chi connectivity index (χ0v) is 13.2. The van der Waals surface area contributed by atoms with Gasteiger partial charge in [-0.2, -0.15) is 0 Å². The van der Waals surface area contributed by atoms with Gasteiger partial charge in [0, 0.05) is 13.1 Å². The van der Waals surface area contributed by atoms with Crippen molar-refractivity contribution >= 4 is 12.2 Å². The molecule has 114 valence electrons. The van der Waals surface area contributed by atoms with Crippen molar-refractivity contribution in [3.8, 4) is 0 Å². The first-order chi connectivity index (χ1) is 9.94. The van der Waals surface area contributed by atoms with Crippen molar-refractivity contribution in [3.63, 3.8) is 0 Å². The van der Waals surface area contributed by atoms with Gasteiger partial charge >= 0.3 is 6.09 Å².